The van der Waals surface area contributed by atoms with Crippen molar-refractivity contribution < 1.29 is 17.9 Å². The highest BCUT2D eigenvalue weighted by molar-refractivity contribution is 7.89. The molecule has 0 radical (unpaired) electrons. The first-order valence-corrected chi connectivity index (χ1v) is 5.69. The van der Waals surface area contributed by atoms with Gasteiger partial charge in [0.1, 0.15) is 5.75 Å². The number of hydrogen-bond acceptors (Lipinski definition) is 4. The van der Waals surface area contributed by atoms with E-state index in [1.54, 1.807) is 24.3 Å². The predicted octanol–water partition coefficient (Wildman–Crippen LogP) is 0.0724. The van der Waals surface area contributed by atoms with Crippen molar-refractivity contribution in [1.29, 1.82) is 0 Å². The molecule has 1 aromatic carbocycles. The molecule has 0 saturated carbocycles. The quantitative estimate of drug-likeness (QED) is 0.757. The summed E-state index contributed by atoms with van der Waals surface area (Å²) >= 11 is 0. The number of hydrogen-bond donors (Lipinski definition) is 1. The van der Waals surface area contributed by atoms with Gasteiger partial charge in [0.2, 0.25) is 10.0 Å². The van der Waals surface area contributed by atoms with Crippen LogP contribution in [0.25, 0.3) is 0 Å². The summed E-state index contributed by atoms with van der Waals surface area (Å²) in [7, 11) is -3.58. The van der Waals surface area contributed by atoms with Crippen LogP contribution in [-0.4, -0.2) is 20.5 Å². The molecular weight excluding hydrogens is 206 g/mol. The highest BCUT2D eigenvalue weighted by Gasteiger charge is 2.27. The monoisotopic (exact) mass is 215 g/mol. The number of nitrogens with two attached hydrogens (primary N) is 1. The van der Waals surface area contributed by atoms with Gasteiger partial charge in [-0.2, -0.15) is 0 Å². The molecule has 0 saturated heterocycles. The summed E-state index contributed by atoms with van der Waals surface area (Å²) in [5.41, 5.74) is 0. The fourth-order valence-corrected chi connectivity index (χ4v) is 1.73. The van der Waals surface area contributed by atoms with Gasteiger partial charge in [0.25, 0.3) is 6.29 Å². The van der Waals surface area contributed by atoms with E-state index in [-0.39, 0.29) is 5.75 Å². The van der Waals surface area contributed by atoms with E-state index in [1.165, 1.54) is 0 Å². The number of primary sulfonamides is 1. The molecule has 0 unspecified atom stereocenters. The van der Waals surface area contributed by atoms with E-state index in [0.29, 0.717) is 11.5 Å². The van der Waals surface area contributed by atoms with E-state index in [1.807, 2.05) is 0 Å². The Kier molecular flexibility index (Phi) is 2.09. The van der Waals surface area contributed by atoms with Gasteiger partial charge in [-0.25, -0.2) is 13.6 Å². The molecule has 0 spiro atoms. The minimum atomic E-state index is -3.58. The number of rotatable bonds is 2. The van der Waals surface area contributed by atoms with E-state index >= 15 is 0 Å². The lowest BCUT2D eigenvalue weighted by Gasteiger charge is -2.07. The van der Waals surface area contributed by atoms with Gasteiger partial charge in [-0.1, -0.05) is 12.1 Å². The molecule has 2 N–H and O–H groups in total. The Bertz CT molecular complexity index is 417. The van der Waals surface area contributed by atoms with E-state index in [4.69, 9.17) is 14.6 Å². The average Bonchev–Trinajstić information content (AvgIpc) is 2.42. The van der Waals surface area contributed by atoms with Gasteiger partial charge in [0.15, 0.2) is 11.5 Å². The van der Waals surface area contributed by atoms with Crippen LogP contribution >= 0.6 is 0 Å². The molecule has 6 heteroatoms. The maximum atomic E-state index is 10.8. The van der Waals surface area contributed by atoms with Crippen LogP contribution < -0.4 is 14.6 Å². The van der Waals surface area contributed by atoms with Gasteiger partial charge in [-0.3, -0.25) is 0 Å². The van der Waals surface area contributed by atoms with Crippen LogP contribution in [0.3, 0.4) is 0 Å². The molecule has 2 rings (SSSR count). The van der Waals surface area contributed by atoms with Crippen molar-refractivity contribution in [2.45, 2.75) is 6.29 Å². The van der Waals surface area contributed by atoms with Crippen LogP contribution in [0.5, 0.6) is 11.5 Å². The van der Waals surface area contributed by atoms with Gasteiger partial charge in [0.05, 0.1) is 0 Å². The zero-order chi connectivity index (χ0) is 10.2. The number of benzene rings is 1. The number of ether oxygens (including phenoxy) is 2. The second-order valence-corrected chi connectivity index (χ2v) is 4.60. The molecule has 1 aliphatic rings. The number of fused-ring (bicyclic) bond motifs is 1. The Morgan fingerprint density at radius 2 is 1.71 bits per heavy atom. The van der Waals surface area contributed by atoms with Gasteiger partial charge in [-0.05, 0) is 12.1 Å². The fraction of sp³-hybridized carbons (Fsp3) is 0.250. The fourth-order valence-electron chi connectivity index (χ4n) is 1.21. The first-order valence-electron chi connectivity index (χ1n) is 3.97. The molecule has 1 aromatic rings. The molecule has 1 heterocycles. The lowest BCUT2D eigenvalue weighted by atomic mass is 10.3. The van der Waals surface area contributed by atoms with Crippen molar-refractivity contribution in [2.75, 3.05) is 5.75 Å². The SMILES string of the molecule is NS(=O)(=O)CC1Oc2ccccc2O1. The molecule has 0 aromatic heterocycles. The van der Waals surface area contributed by atoms with Crippen molar-refractivity contribution in [1.82, 2.24) is 0 Å². The van der Waals surface area contributed by atoms with Crippen LogP contribution in [0.15, 0.2) is 24.3 Å². The van der Waals surface area contributed by atoms with Crippen molar-refractivity contribution in [3.63, 3.8) is 0 Å². The standard InChI is InChI=1S/C8H9NO4S/c9-14(10,11)5-8-12-6-3-1-2-4-7(6)13-8/h1-4,8H,5H2,(H2,9,10,11). The lowest BCUT2D eigenvalue weighted by Crippen LogP contribution is -2.32. The summed E-state index contributed by atoms with van der Waals surface area (Å²) in [5, 5.41) is 4.86. The van der Waals surface area contributed by atoms with E-state index in [9.17, 15) is 8.42 Å². The Balaban J connectivity index is 2.13. The van der Waals surface area contributed by atoms with Crippen LogP contribution in [0.1, 0.15) is 0 Å². The van der Waals surface area contributed by atoms with Gasteiger partial charge in [0, 0.05) is 0 Å². The molecule has 14 heavy (non-hydrogen) atoms. The molecule has 76 valence electrons. The first kappa shape index (κ1) is 9.29. The first-order chi connectivity index (χ1) is 6.54. The highest BCUT2D eigenvalue weighted by Crippen LogP contribution is 2.33. The molecule has 1 aliphatic heterocycles. The minimum absolute atomic E-state index is 0.346. The molecule has 5 nitrogen and oxygen atoms in total. The second kappa shape index (κ2) is 3.14. The van der Waals surface area contributed by atoms with Crippen molar-refractivity contribution in [3.05, 3.63) is 24.3 Å². The minimum Gasteiger partial charge on any atom is -0.450 e. The van der Waals surface area contributed by atoms with E-state index in [2.05, 4.69) is 0 Å². The third kappa shape index (κ3) is 1.97. The van der Waals surface area contributed by atoms with Crippen LogP contribution in [0.2, 0.25) is 0 Å². The highest BCUT2D eigenvalue weighted by atomic mass is 32.2. The molecule has 0 aliphatic carbocycles. The summed E-state index contributed by atoms with van der Waals surface area (Å²) in [6.07, 6.45) is -0.831. The topological polar surface area (TPSA) is 78.6 Å². The van der Waals surface area contributed by atoms with Gasteiger partial charge in [-0.15, -0.1) is 0 Å². The van der Waals surface area contributed by atoms with Crippen molar-refractivity contribution >= 4 is 10.0 Å². The van der Waals surface area contributed by atoms with E-state index < -0.39 is 16.3 Å². The summed E-state index contributed by atoms with van der Waals surface area (Å²) in [4.78, 5) is 0. The second-order valence-electron chi connectivity index (χ2n) is 2.94. The summed E-state index contributed by atoms with van der Waals surface area (Å²) < 4.78 is 31.9. The Labute approximate surface area is 81.5 Å². The largest absolute Gasteiger partial charge is 0.450 e. The zero-order valence-electron chi connectivity index (χ0n) is 7.21. The summed E-state index contributed by atoms with van der Waals surface area (Å²) in [6.45, 7) is 0. The third-order valence-electron chi connectivity index (χ3n) is 1.73. The van der Waals surface area contributed by atoms with E-state index in [0.717, 1.165) is 0 Å². The molecular formula is C8H9NO4S. The van der Waals surface area contributed by atoms with Gasteiger partial charge >= 0.3 is 0 Å². The zero-order valence-corrected chi connectivity index (χ0v) is 8.03. The molecule has 0 fully saturated rings. The smallest absolute Gasteiger partial charge is 0.256 e. The molecule has 0 atom stereocenters. The van der Waals surface area contributed by atoms with Crippen LogP contribution in [0, 0.1) is 0 Å². The van der Waals surface area contributed by atoms with Crippen LogP contribution in [0.4, 0.5) is 0 Å². The summed E-state index contributed by atoms with van der Waals surface area (Å²) in [6, 6.07) is 6.97. The maximum absolute atomic E-state index is 10.8. The Morgan fingerprint density at radius 1 is 1.21 bits per heavy atom. The normalized spacial score (nSPS) is 15.8. The van der Waals surface area contributed by atoms with Gasteiger partial charge < -0.3 is 9.47 Å². The van der Waals surface area contributed by atoms with Crippen molar-refractivity contribution in [3.8, 4) is 11.5 Å². The van der Waals surface area contributed by atoms with Crippen molar-refractivity contribution in [2.24, 2.45) is 5.14 Å². The number of sulfonamides is 1. The van der Waals surface area contributed by atoms with Crippen LogP contribution in [-0.2, 0) is 10.0 Å². The third-order valence-corrected chi connectivity index (χ3v) is 2.47. The Morgan fingerprint density at radius 3 is 2.14 bits per heavy atom. The Hall–Kier alpha value is -1.27. The number of para-hydroxylation sites is 2. The predicted molar refractivity (Wildman–Crippen MR) is 49.5 cm³/mol. The summed E-state index contributed by atoms with van der Waals surface area (Å²) in [5.74, 6) is 0.740. The average molecular weight is 215 g/mol. The maximum Gasteiger partial charge on any atom is 0.256 e. The lowest BCUT2D eigenvalue weighted by molar-refractivity contribution is 0.0707. The molecule has 0 bridgehead atoms. The molecule has 0 amide bonds.